The summed E-state index contributed by atoms with van der Waals surface area (Å²) in [7, 11) is 0. The van der Waals surface area contributed by atoms with Gasteiger partial charge in [0.25, 0.3) is 5.91 Å². The van der Waals surface area contributed by atoms with E-state index in [0.29, 0.717) is 5.58 Å². The fourth-order valence-corrected chi connectivity index (χ4v) is 1.93. The second-order valence-electron chi connectivity index (χ2n) is 4.85. The molecule has 0 unspecified atom stereocenters. The maximum atomic E-state index is 11.9. The van der Waals surface area contributed by atoms with Crippen LogP contribution in [0.15, 0.2) is 28.7 Å². The zero-order valence-electron chi connectivity index (χ0n) is 11.7. The predicted molar refractivity (Wildman–Crippen MR) is 74.5 cm³/mol. The molecule has 0 saturated heterocycles. The van der Waals surface area contributed by atoms with E-state index in [4.69, 9.17) is 9.15 Å². The van der Waals surface area contributed by atoms with Crippen LogP contribution in [0.2, 0.25) is 0 Å². The SMILES string of the molecule is Cc1c(C(=O)OCC(=O)NC(C)C)oc2ccccc12. The van der Waals surface area contributed by atoms with Gasteiger partial charge in [0, 0.05) is 17.0 Å². The summed E-state index contributed by atoms with van der Waals surface area (Å²) in [5, 5.41) is 3.51. The van der Waals surface area contributed by atoms with Gasteiger partial charge in [-0.25, -0.2) is 4.79 Å². The Labute approximate surface area is 116 Å². The number of fused-ring (bicyclic) bond motifs is 1. The minimum atomic E-state index is -0.627. The molecule has 1 heterocycles. The molecule has 0 aliphatic carbocycles. The standard InChI is InChI=1S/C15H17NO4/c1-9(2)16-13(17)8-19-15(18)14-10(3)11-6-4-5-7-12(11)20-14/h4-7,9H,8H2,1-3H3,(H,16,17). The van der Waals surface area contributed by atoms with Gasteiger partial charge in [0.2, 0.25) is 5.76 Å². The Morgan fingerprint density at radius 2 is 2.00 bits per heavy atom. The number of furan rings is 1. The van der Waals surface area contributed by atoms with Crippen molar-refractivity contribution in [2.24, 2.45) is 0 Å². The lowest BCUT2D eigenvalue weighted by Crippen LogP contribution is -2.34. The van der Waals surface area contributed by atoms with Gasteiger partial charge in [-0.1, -0.05) is 18.2 Å². The summed E-state index contributed by atoms with van der Waals surface area (Å²) in [5.41, 5.74) is 1.35. The van der Waals surface area contributed by atoms with Gasteiger partial charge < -0.3 is 14.5 Å². The molecule has 0 saturated carbocycles. The molecule has 0 aliphatic heterocycles. The highest BCUT2D eigenvalue weighted by Crippen LogP contribution is 2.25. The molecule has 106 valence electrons. The second kappa shape index (κ2) is 5.77. The fraction of sp³-hybridized carbons (Fsp3) is 0.333. The number of nitrogens with one attached hydrogen (secondary N) is 1. The van der Waals surface area contributed by atoms with Crippen molar-refractivity contribution >= 4 is 22.8 Å². The third-order valence-electron chi connectivity index (χ3n) is 2.81. The van der Waals surface area contributed by atoms with Crippen molar-refractivity contribution in [2.45, 2.75) is 26.8 Å². The van der Waals surface area contributed by atoms with E-state index < -0.39 is 5.97 Å². The van der Waals surface area contributed by atoms with Crippen molar-refractivity contribution in [1.29, 1.82) is 0 Å². The van der Waals surface area contributed by atoms with Crippen LogP contribution in [-0.2, 0) is 9.53 Å². The molecule has 0 spiro atoms. The van der Waals surface area contributed by atoms with Crippen LogP contribution in [0, 0.1) is 6.92 Å². The first-order valence-corrected chi connectivity index (χ1v) is 6.43. The average Bonchev–Trinajstić information content (AvgIpc) is 2.73. The van der Waals surface area contributed by atoms with Crippen LogP contribution < -0.4 is 5.32 Å². The summed E-state index contributed by atoms with van der Waals surface area (Å²) in [6, 6.07) is 7.36. The summed E-state index contributed by atoms with van der Waals surface area (Å²) in [6.45, 7) is 5.15. The van der Waals surface area contributed by atoms with E-state index in [1.54, 1.807) is 13.0 Å². The smallest absolute Gasteiger partial charge is 0.375 e. The summed E-state index contributed by atoms with van der Waals surface area (Å²) >= 11 is 0. The van der Waals surface area contributed by atoms with E-state index in [1.807, 2.05) is 32.0 Å². The number of benzene rings is 1. The van der Waals surface area contributed by atoms with Gasteiger partial charge in [-0.15, -0.1) is 0 Å². The van der Waals surface area contributed by atoms with Crippen molar-refractivity contribution in [2.75, 3.05) is 6.61 Å². The van der Waals surface area contributed by atoms with Crippen molar-refractivity contribution in [3.8, 4) is 0 Å². The largest absolute Gasteiger partial charge is 0.450 e. The highest BCUT2D eigenvalue weighted by Gasteiger charge is 2.19. The second-order valence-corrected chi connectivity index (χ2v) is 4.85. The zero-order chi connectivity index (χ0) is 14.7. The van der Waals surface area contributed by atoms with Gasteiger partial charge in [-0.05, 0) is 26.8 Å². The molecular weight excluding hydrogens is 258 g/mol. The number of esters is 1. The number of para-hydroxylation sites is 1. The Hall–Kier alpha value is -2.30. The Morgan fingerprint density at radius 1 is 1.30 bits per heavy atom. The first kappa shape index (κ1) is 14.1. The molecule has 0 fully saturated rings. The highest BCUT2D eigenvalue weighted by atomic mass is 16.5. The lowest BCUT2D eigenvalue weighted by atomic mass is 10.1. The normalized spacial score (nSPS) is 10.8. The number of hydrogen-bond acceptors (Lipinski definition) is 4. The molecule has 2 aromatic rings. The predicted octanol–water partition coefficient (Wildman–Crippen LogP) is 2.42. The number of ether oxygens (including phenoxy) is 1. The number of rotatable bonds is 4. The van der Waals surface area contributed by atoms with Gasteiger partial charge in [-0.2, -0.15) is 0 Å². The van der Waals surface area contributed by atoms with E-state index in [-0.39, 0.29) is 24.3 Å². The zero-order valence-corrected chi connectivity index (χ0v) is 11.7. The molecule has 0 bridgehead atoms. The summed E-state index contributed by atoms with van der Waals surface area (Å²) < 4.78 is 10.4. The van der Waals surface area contributed by atoms with Crippen molar-refractivity contribution in [3.63, 3.8) is 0 Å². The van der Waals surface area contributed by atoms with Crippen LogP contribution >= 0.6 is 0 Å². The third-order valence-corrected chi connectivity index (χ3v) is 2.81. The molecule has 5 nitrogen and oxygen atoms in total. The van der Waals surface area contributed by atoms with E-state index in [0.717, 1.165) is 10.9 Å². The van der Waals surface area contributed by atoms with E-state index in [1.165, 1.54) is 0 Å². The van der Waals surface area contributed by atoms with Crippen LogP contribution in [0.4, 0.5) is 0 Å². The molecule has 1 N–H and O–H groups in total. The van der Waals surface area contributed by atoms with Crippen LogP contribution in [-0.4, -0.2) is 24.5 Å². The molecule has 0 atom stereocenters. The molecule has 1 aromatic carbocycles. The summed E-state index contributed by atoms with van der Waals surface area (Å²) in [4.78, 5) is 23.4. The molecule has 1 amide bonds. The highest BCUT2D eigenvalue weighted by molar-refractivity contribution is 5.96. The first-order valence-electron chi connectivity index (χ1n) is 6.43. The number of aryl methyl sites for hydroxylation is 1. The molecular formula is C15H17NO4. The Balaban J connectivity index is 2.08. The minimum absolute atomic E-state index is 0.00846. The van der Waals surface area contributed by atoms with E-state index in [2.05, 4.69) is 5.32 Å². The Morgan fingerprint density at radius 3 is 2.65 bits per heavy atom. The fourth-order valence-electron chi connectivity index (χ4n) is 1.93. The van der Waals surface area contributed by atoms with Gasteiger partial charge in [0.1, 0.15) is 5.58 Å². The molecule has 1 aromatic heterocycles. The van der Waals surface area contributed by atoms with Crippen molar-refractivity contribution in [3.05, 3.63) is 35.6 Å². The molecule has 0 aliphatic rings. The van der Waals surface area contributed by atoms with E-state index >= 15 is 0 Å². The lowest BCUT2D eigenvalue weighted by molar-refractivity contribution is -0.124. The Kier molecular flexibility index (Phi) is 4.08. The molecule has 20 heavy (non-hydrogen) atoms. The molecule has 2 rings (SSSR count). The van der Waals surface area contributed by atoms with Crippen molar-refractivity contribution in [1.82, 2.24) is 5.32 Å². The number of carbonyl (C=O) groups is 2. The van der Waals surface area contributed by atoms with Crippen LogP contribution in [0.25, 0.3) is 11.0 Å². The Bertz CT molecular complexity index is 642. The van der Waals surface area contributed by atoms with Crippen LogP contribution in [0.1, 0.15) is 30.0 Å². The third kappa shape index (κ3) is 2.99. The summed E-state index contributed by atoms with van der Waals surface area (Å²) in [5.74, 6) is -0.816. The van der Waals surface area contributed by atoms with Crippen LogP contribution in [0.3, 0.4) is 0 Å². The van der Waals surface area contributed by atoms with E-state index in [9.17, 15) is 9.59 Å². The van der Waals surface area contributed by atoms with Gasteiger partial charge in [0.05, 0.1) is 0 Å². The average molecular weight is 275 g/mol. The summed E-state index contributed by atoms with van der Waals surface area (Å²) in [6.07, 6.45) is 0. The number of hydrogen-bond donors (Lipinski definition) is 1. The topological polar surface area (TPSA) is 68.5 Å². The quantitative estimate of drug-likeness (QED) is 0.870. The molecule has 5 heteroatoms. The maximum absolute atomic E-state index is 11.9. The maximum Gasteiger partial charge on any atom is 0.375 e. The van der Waals surface area contributed by atoms with Crippen molar-refractivity contribution < 1.29 is 18.7 Å². The van der Waals surface area contributed by atoms with Gasteiger partial charge in [-0.3, -0.25) is 4.79 Å². The lowest BCUT2D eigenvalue weighted by Gasteiger charge is -2.08. The first-order chi connectivity index (χ1) is 9.49. The minimum Gasteiger partial charge on any atom is -0.450 e. The van der Waals surface area contributed by atoms with Gasteiger partial charge >= 0.3 is 5.97 Å². The number of carbonyl (C=O) groups excluding carboxylic acids is 2. The monoisotopic (exact) mass is 275 g/mol. The molecule has 0 radical (unpaired) electrons. The van der Waals surface area contributed by atoms with Crippen LogP contribution in [0.5, 0.6) is 0 Å². The number of amides is 1. The van der Waals surface area contributed by atoms with Gasteiger partial charge in [0.15, 0.2) is 6.61 Å².